The molecule has 3 rings (SSSR count). The molecule has 21 heavy (non-hydrogen) atoms. The van der Waals surface area contributed by atoms with E-state index in [0.29, 0.717) is 5.76 Å². The lowest BCUT2D eigenvalue weighted by atomic mass is 10.0. The van der Waals surface area contributed by atoms with Gasteiger partial charge in [-0.05, 0) is 37.0 Å². The lowest BCUT2D eigenvalue weighted by Crippen LogP contribution is -2.43. The van der Waals surface area contributed by atoms with E-state index in [1.165, 1.54) is 5.57 Å². The number of anilines is 1. The van der Waals surface area contributed by atoms with Gasteiger partial charge in [-0.3, -0.25) is 0 Å². The molecule has 0 saturated carbocycles. The smallest absolute Gasteiger partial charge is 0.311 e. The van der Waals surface area contributed by atoms with Gasteiger partial charge >= 0.3 is 10.1 Å². The minimum absolute atomic E-state index is 0.0389. The van der Waals surface area contributed by atoms with Crippen molar-refractivity contribution in [1.29, 1.82) is 0 Å². The lowest BCUT2D eigenvalue weighted by molar-refractivity contribution is 0.365. The van der Waals surface area contributed by atoms with Crippen LogP contribution in [0.5, 0.6) is 0 Å². The fraction of sp³-hybridized carbons (Fsp3) is 0.500. The summed E-state index contributed by atoms with van der Waals surface area (Å²) in [6, 6.07) is 9.83. The van der Waals surface area contributed by atoms with Crippen LogP contribution in [-0.4, -0.2) is 27.3 Å². The number of likely N-dealkylation sites (N-methyl/N-ethyl adjacent to an activating group) is 1. The second kappa shape index (κ2) is 5.72. The molecule has 1 aromatic carbocycles. The maximum absolute atomic E-state index is 12.1. The molecular weight excluding hydrogens is 286 g/mol. The zero-order valence-corrected chi connectivity index (χ0v) is 13.1. The first kappa shape index (κ1) is 14.4. The first-order chi connectivity index (χ1) is 10.1. The zero-order valence-electron chi connectivity index (χ0n) is 12.3. The summed E-state index contributed by atoms with van der Waals surface area (Å²) in [4.78, 5) is 2.07. The standard InChI is InChI=1S/C16H21NO3S/c1-17(13-8-4-2-5-9-13)15-12-21(18,19)20-16-11-7-3-6-10-14(15)16/h2,4-5,8-9,15H,3,6-7,10-12H2,1H3. The molecule has 0 spiro atoms. The van der Waals surface area contributed by atoms with E-state index in [1.54, 1.807) is 0 Å². The van der Waals surface area contributed by atoms with Gasteiger partial charge in [0.25, 0.3) is 0 Å². The Morgan fingerprint density at radius 3 is 2.57 bits per heavy atom. The molecule has 0 amide bonds. The van der Waals surface area contributed by atoms with Crippen LogP contribution in [0.4, 0.5) is 5.69 Å². The third kappa shape index (κ3) is 3.07. The van der Waals surface area contributed by atoms with Crippen LogP contribution in [-0.2, 0) is 14.3 Å². The summed E-state index contributed by atoms with van der Waals surface area (Å²) >= 11 is 0. The molecule has 0 aromatic heterocycles. The van der Waals surface area contributed by atoms with Crippen LogP contribution < -0.4 is 4.90 Å². The van der Waals surface area contributed by atoms with Gasteiger partial charge in [-0.2, -0.15) is 8.42 Å². The fourth-order valence-electron chi connectivity index (χ4n) is 3.20. The van der Waals surface area contributed by atoms with Crippen LogP contribution in [0.2, 0.25) is 0 Å². The number of benzene rings is 1. The van der Waals surface area contributed by atoms with Gasteiger partial charge in [0, 0.05) is 19.2 Å². The molecule has 0 bridgehead atoms. The van der Waals surface area contributed by atoms with E-state index in [-0.39, 0.29) is 11.8 Å². The Morgan fingerprint density at radius 2 is 1.81 bits per heavy atom. The van der Waals surface area contributed by atoms with Crippen LogP contribution in [0.15, 0.2) is 41.7 Å². The van der Waals surface area contributed by atoms with E-state index in [9.17, 15) is 8.42 Å². The van der Waals surface area contributed by atoms with E-state index in [4.69, 9.17) is 4.18 Å². The second-order valence-electron chi connectivity index (χ2n) is 5.78. The maximum Gasteiger partial charge on any atom is 0.311 e. The Bertz CT molecular complexity index is 637. The van der Waals surface area contributed by atoms with Crippen molar-refractivity contribution in [3.8, 4) is 0 Å². The van der Waals surface area contributed by atoms with Gasteiger partial charge in [0.2, 0.25) is 0 Å². The summed E-state index contributed by atoms with van der Waals surface area (Å²) < 4.78 is 29.5. The monoisotopic (exact) mass is 307 g/mol. The first-order valence-corrected chi connectivity index (χ1v) is 9.06. The molecule has 114 valence electrons. The van der Waals surface area contributed by atoms with Gasteiger partial charge in [0.05, 0.1) is 6.04 Å². The highest BCUT2D eigenvalue weighted by Crippen LogP contribution is 2.35. The van der Waals surface area contributed by atoms with Crippen molar-refractivity contribution in [3.63, 3.8) is 0 Å². The topological polar surface area (TPSA) is 46.6 Å². The molecule has 0 fully saturated rings. The van der Waals surface area contributed by atoms with Gasteiger partial charge in [0.15, 0.2) is 0 Å². The van der Waals surface area contributed by atoms with Crippen molar-refractivity contribution >= 4 is 15.8 Å². The fourth-order valence-corrected chi connectivity index (χ4v) is 4.57. The maximum atomic E-state index is 12.1. The highest BCUT2D eigenvalue weighted by atomic mass is 32.2. The SMILES string of the molecule is CN(c1ccccc1)C1CS(=O)(=O)OC2=C1CCCCC2. The Labute approximate surface area is 126 Å². The third-order valence-electron chi connectivity index (χ3n) is 4.33. The van der Waals surface area contributed by atoms with Crippen LogP contribution in [0.25, 0.3) is 0 Å². The summed E-state index contributed by atoms with van der Waals surface area (Å²) in [5, 5.41) is 0. The third-order valence-corrected chi connectivity index (χ3v) is 5.51. The highest BCUT2D eigenvalue weighted by molar-refractivity contribution is 7.86. The molecule has 1 atom stereocenters. The number of hydrogen-bond donors (Lipinski definition) is 0. The molecule has 1 aromatic rings. The second-order valence-corrected chi connectivity index (χ2v) is 7.39. The van der Waals surface area contributed by atoms with Gasteiger partial charge < -0.3 is 9.08 Å². The molecule has 1 unspecified atom stereocenters. The quantitative estimate of drug-likeness (QED) is 0.788. The van der Waals surface area contributed by atoms with E-state index < -0.39 is 10.1 Å². The van der Waals surface area contributed by atoms with Gasteiger partial charge in [-0.25, -0.2) is 0 Å². The molecule has 5 heteroatoms. The number of allylic oxidation sites excluding steroid dienone is 1. The van der Waals surface area contributed by atoms with Crippen molar-refractivity contribution in [2.45, 2.75) is 38.1 Å². The molecule has 0 saturated heterocycles. The molecule has 0 radical (unpaired) electrons. The van der Waals surface area contributed by atoms with E-state index in [1.807, 2.05) is 37.4 Å². The molecule has 1 heterocycles. The average molecular weight is 307 g/mol. The Kier molecular flexibility index (Phi) is 3.93. The number of rotatable bonds is 2. The number of nitrogens with zero attached hydrogens (tertiary/aromatic N) is 1. The summed E-state index contributed by atoms with van der Waals surface area (Å²) in [5.74, 6) is 0.739. The Balaban J connectivity index is 1.98. The minimum Gasteiger partial charge on any atom is -0.387 e. The van der Waals surface area contributed by atoms with Crippen LogP contribution in [0.1, 0.15) is 32.1 Å². The van der Waals surface area contributed by atoms with Gasteiger partial charge in [-0.1, -0.05) is 24.6 Å². The van der Waals surface area contributed by atoms with Crippen molar-refractivity contribution in [2.75, 3.05) is 17.7 Å². The van der Waals surface area contributed by atoms with Crippen LogP contribution >= 0.6 is 0 Å². The van der Waals surface area contributed by atoms with E-state index in [0.717, 1.165) is 37.8 Å². The summed E-state index contributed by atoms with van der Waals surface area (Å²) in [7, 11) is -1.50. The highest BCUT2D eigenvalue weighted by Gasteiger charge is 2.36. The minimum atomic E-state index is -3.47. The molecule has 0 N–H and O–H groups in total. The number of hydrogen-bond acceptors (Lipinski definition) is 4. The lowest BCUT2D eigenvalue weighted by Gasteiger charge is -2.35. The van der Waals surface area contributed by atoms with E-state index in [2.05, 4.69) is 4.90 Å². The van der Waals surface area contributed by atoms with Crippen molar-refractivity contribution < 1.29 is 12.6 Å². The summed E-state index contributed by atoms with van der Waals surface area (Å²) in [5.41, 5.74) is 2.21. The Hall–Kier alpha value is -1.49. The van der Waals surface area contributed by atoms with Crippen LogP contribution in [0.3, 0.4) is 0 Å². The predicted molar refractivity (Wildman–Crippen MR) is 83.6 cm³/mol. The van der Waals surface area contributed by atoms with Crippen LogP contribution in [0, 0.1) is 0 Å². The molecule has 1 aliphatic heterocycles. The molecular formula is C16H21NO3S. The zero-order chi connectivity index (χ0) is 14.9. The van der Waals surface area contributed by atoms with Gasteiger partial charge in [-0.15, -0.1) is 0 Å². The van der Waals surface area contributed by atoms with Gasteiger partial charge in [0.1, 0.15) is 11.5 Å². The molecule has 2 aliphatic rings. The van der Waals surface area contributed by atoms with E-state index >= 15 is 0 Å². The van der Waals surface area contributed by atoms with Crippen molar-refractivity contribution in [2.24, 2.45) is 0 Å². The normalized spacial score (nSPS) is 24.7. The van der Waals surface area contributed by atoms with Crippen molar-refractivity contribution in [1.82, 2.24) is 0 Å². The predicted octanol–water partition coefficient (Wildman–Crippen LogP) is 3.07. The largest absolute Gasteiger partial charge is 0.387 e. The average Bonchev–Trinajstić information content (AvgIpc) is 2.70. The first-order valence-electron chi connectivity index (χ1n) is 7.49. The molecule has 1 aliphatic carbocycles. The molecule has 4 nitrogen and oxygen atoms in total. The summed E-state index contributed by atoms with van der Waals surface area (Å²) in [6.45, 7) is 0. The van der Waals surface area contributed by atoms with Crippen molar-refractivity contribution in [3.05, 3.63) is 41.7 Å². The number of para-hydroxylation sites is 1. The summed E-state index contributed by atoms with van der Waals surface area (Å²) in [6.07, 6.45) is 4.94. The Morgan fingerprint density at radius 1 is 1.10 bits per heavy atom.